The number of benzene rings is 6. The molecule has 2 aromatic heterocycles. The molecule has 8 rings (SSSR count). The SMILES string of the molecule is CCCCC(CC)Cn1c2ccccc2c2cc(C(=O)c3ccc(-n4c5ccccc5c5cc(C(CCC(=O)OCCC)=NOC(C)=O)ccc54)cc3)c3ccccc3c21. The molecule has 0 aliphatic carbocycles. The van der Waals surface area contributed by atoms with Gasteiger partial charge in [-0.3, -0.25) is 9.59 Å². The number of hydrogen-bond donors (Lipinski definition) is 0. The first-order valence-corrected chi connectivity index (χ1v) is 21.3. The molecule has 0 amide bonds. The predicted molar refractivity (Wildman–Crippen MR) is 243 cm³/mol. The molecule has 0 radical (unpaired) electrons. The van der Waals surface area contributed by atoms with Gasteiger partial charge in [-0.1, -0.05) is 112 Å². The first kappa shape index (κ1) is 40.2. The fourth-order valence-electron chi connectivity index (χ4n) is 8.68. The van der Waals surface area contributed by atoms with Gasteiger partial charge >= 0.3 is 11.9 Å². The number of aromatic nitrogens is 2. The molecule has 0 saturated carbocycles. The molecule has 304 valence electrons. The maximum atomic E-state index is 14.7. The number of esters is 1. The van der Waals surface area contributed by atoms with E-state index in [1.54, 1.807) is 0 Å². The molecule has 0 fully saturated rings. The van der Waals surface area contributed by atoms with Gasteiger partial charge in [0.15, 0.2) is 5.78 Å². The second kappa shape index (κ2) is 17.8. The van der Waals surface area contributed by atoms with Crippen molar-refractivity contribution in [3.63, 3.8) is 0 Å². The molecule has 0 aliphatic rings. The molecule has 1 atom stereocenters. The molecule has 0 N–H and O–H groups in total. The van der Waals surface area contributed by atoms with Crippen molar-refractivity contribution in [3.05, 3.63) is 138 Å². The number of rotatable bonds is 16. The van der Waals surface area contributed by atoms with E-state index in [-0.39, 0.29) is 24.6 Å². The van der Waals surface area contributed by atoms with Crippen molar-refractivity contribution in [1.82, 2.24) is 9.13 Å². The van der Waals surface area contributed by atoms with E-state index < -0.39 is 5.97 Å². The number of ketones is 1. The molecule has 1 unspecified atom stereocenters. The molecule has 60 heavy (non-hydrogen) atoms. The van der Waals surface area contributed by atoms with Crippen LogP contribution in [0.25, 0.3) is 60.1 Å². The number of carbonyl (C=O) groups is 3. The number of fused-ring (bicyclic) bond motifs is 8. The monoisotopic (exact) mass is 797 g/mol. The minimum Gasteiger partial charge on any atom is -0.466 e. The van der Waals surface area contributed by atoms with Gasteiger partial charge in [-0.25, -0.2) is 4.79 Å². The van der Waals surface area contributed by atoms with Gasteiger partial charge in [0.25, 0.3) is 0 Å². The number of carbonyl (C=O) groups excluding carboxylic acids is 3. The van der Waals surface area contributed by atoms with Gasteiger partial charge in [0.2, 0.25) is 0 Å². The maximum absolute atomic E-state index is 14.7. The highest BCUT2D eigenvalue weighted by molar-refractivity contribution is 6.26. The van der Waals surface area contributed by atoms with E-state index in [2.05, 4.69) is 88.8 Å². The summed E-state index contributed by atoms with van der Waals surface area (Å²) in [6.07, 6.45) is 5.83. The second-order valence-corrected chi connectivity index (χ2v) is 15.7. The van der Waals surface area contributed by atoms with Crippen LogP contribution >= 0.6 is 0 Å². The van der Waals surface area contributed by atoms with Crippen LogP contribution in [0.3, 0.4) is 0 Å². The van der Waals surface area contributed by atoms with Gasteiger partial charge in [-0.05, 0) is 78.7 Å². The molecule has 8 heteroatoms. The van der Waals surface area contributed by atoms with Gasteiger partial charge in [0.1, 0.15) is 0 Å². The molecule has 0 aliphatic heterocycles. The smallest absolute Gasteiger partial charge is 0.331 e. The second-order valence-electron chi connectivity index (χ2n) is 15.7. The molecule has 8 aromatic rings. The fourth-order valence-corrected chi connectivity index (χ4v) is 8.68. The number of nitrogens with zero attached hydrogens (tertiary/aromatic N) is 3. The summed E-state index contributed by atoms with van der Waals surface area (Å²) < 4.78 is 9.98. The predicted octanol–water partition coefficient (Wildman–Crippen LogP) is 12.5. The van der Waals surface area contributed by atoms with E-state index in [1.165, 1.54) is 42.6 Å². The van der Waals surface area contributed by atoms with E-state index >= 15 is 0 Å². The van der Waals surface area contributed by atoms with Crippen molar-refractivity contribution >= 4 is 77.8 Å². The summed E-state index contributed by atoms with van der Waals surface area (Å²) in [6.45, 7) is 9.10. The highest BCUT2D eigenvalue weighted by atomic mass is 16.7. The van der Waals surface area contributed by atoms with Crippen LogP contribution in [0.1, 0.15) is 94.1 Å². The van der Waals surface area contributed by atoms with Crippen LogP contribution in [0, 0.1) is 5.92 Å². The van der Waals surface area contributed by atoms with E-state index in [1.807, 2.05) is 67.6 Å². The van der Waals surface area contributed by atoms with Crippen molar-refractivity contribution in [1.29, 1.82) is 0 Å². The fraction of sp³-hybridized carbons (Fsp3) is 0.269. The third-order valence-corrected chi connectivity index (χ3v) is 11.7. The summed E-state index contributed by atoms with van der Waals surface area (Å²) in [5.41, 5.74) is 7.81. The Bertz CT molecular complexity index is 2920. The molecule has 8 nitrogen and oxygen atoms in total. The number of ether oxygens (including phenoxy) is 1. The minimum absolute atomic E-state index is 0.0177. The average Bonchev–Trinajstić information content (AvgIpc) is 3.78. The summed E-state index contributed by atoms with van der Waals surface area (Å²) in [6, 6.07) is 41.1. The zero-order valence-electron chi connectivity index (χ0n) is 34.9. The van der Waals surface area contributed by atoms with Crippen LogP contribution in [0.2, 0.25) is 0 Å². The number of para-hydroxylation sites is 2. The Morgan fingerprint density at radius 2 is 1.30 bits per heavy atom. The Kier molecular flexibility index (Phi) is 11.9. The van der Waals surface area contributed by atoms with Crippen LogP contribution < -0.4 is 0 Å². The number of unbranched alkanes of at least 4 members (excludes halogenated alkanes) is 1. The Hall–Kier alpha value is -6.54. The lowest BCUT2D eigenvalue weighted by molar-refractivity contribution is -0.143. The number of oxime groups is 1. The summed E-state index contributed by atoms with van der Waals surface area (Å²) in [4.78, 5) is 43.9. The largest absolute Gasteiger partial charge is 0.466 e. The van der Waals surface area contributed by atoms with E-state index in [0.717, 1.165) is 68.6 Å². The molecule has 0 saturated heterocycles. The summed E-state index contributed by atoms with van der Waals surface area (Å²) in [5, 5.41) is 10.5. The first-order chi connectivity index (χ1) is 29.3. The highest BCUT2D eigenvalue weighted by Crippen LogP contribution is 2.39. The molecular formula is C52H51N3O5. The average molecular weight is 798 g/mol. The summed E-state index contributed by atoms with van der Waals surface area (Å²) in [7, 11) is 0. The lowest BCUT2D eigenvalue weighted by Gasteiger charge is -2.18. The van der Waals surface area contributed by atoms with Crippen LogP contribution in [-0.2, 0) is 25.7 Å². The van der Waals surface area contributed by atoms with Crippen molar-refractivity contribution in [2.45, 2.75) is 79.2 Å². The Labute approximate surface area is 350 Å². The van der Waals surface area contributed by atoms with E-state index in [4.69, 9.17) is 9.57 Å². The highest BCUT2D eigenvalue weighted by Gasteiger charge is 2.22. The summed E-state index contributed by atoms with van der Waals surface area (Å²) >= 11 is 0. The maximum Gasteiger partial charge on any atom is 0.331 e. The summed E-state index contributed by atoms with van der Waals surface area (Å²) in [5.74, 6) is -0.312. The standard InChI is InChI=1S/C52H51N3O5/c1-5-8-15-35(7-3)33-54-47-20-13-11-18-41(47)44-32-45(39-16-9-10-19-42(39)51(44)54)52(58)36-22-25-38(26-23-36)55-48-21-14-12-17-40(48)43-31-37(24-28-49(43)55)46(53-60-34(4)56)27-29-50(57)59-30-6-2/h9-14,16-26,28,31-32,35H,5-8,15,27,29-30,33H2,1-4H3. The van der Waals surface area contributed by atoms with Crippen LogP contribution in [0.4, 0.5) is 0 Å². The van der Waals surface area contributed by atoms with Crippen LogP contribution in [0.5, 0.6) is 0 Å². The minimum atomic E-state index is -0.541. The normalized spacial score (nSPS) is 12.5. The van der Waals surface area contributed by atoms with Crippen molar-refractivity contribution in [3.8, 4) is 5.69 Å². The van der Waals surface area contributed by atoms with Gasteiger partial charge < -0.3 is 18.7 Å². The van der Waals surface area contributed by atoms with Crippen molar-refractivity contribution < 1.29 is 24.0 Å². The molecule has 6 aromatic carbocycles. The quantitative estimate of drug-likeness (QED) is 0.0319. The molecular weight excluding hydrogens is 747 g/mol. The van der Waals surface area contributed by atoms with Gasteiger partial charge in [-0.15, -0.1) is 0 Å². The van der Waals surface area contributed by atoms with Crippen LogP contribution in [0.15, 0.2) is 126 Å². The molecule has 0 bridgehead atoms. The van der Waals surface area contributed by atoms with Crippen molar-refractivity contribution in [2.24, 2.45) is 11.1 Å². The van der Waals surface area contributed by atoms with Crippen molar-refractivity contribution in [2.75, 3.05) is 6.61 Å². The van der Waals surface area contributed by atoms with Gasteiger partial charge in [-0.2, -0.15) is 0 Å². The molecule has 0 spiro atoms. The zero-order valence-corrected chi connectivity index (χ0v) is 34.9. The lowest BCUT2D eigenvalue weighted by Crippen LogP contribution is -2.10. The first-order valence-electron chi connectivity index (χ1n) is 21.3. The Morgan fingerprint density at radius 3 is 2.00 bits per heavy atom. The topological polar surface area (TPSA) is 91.9 Å². The number of hydrogen-bond acceptors (Lipinski definition) is 6. The van der Waals surface area contributed by atoms with Crippen LogP contribution in [-0.4, -0.2) is 39.2 Å². The third kappa shape index (κ3) is 7.82. The lowest BCUT2D eigenvalue weighted by atomic mass is 9.94. The van der Waals surface area contributed by atoms with Gasteiger partial charge in [0, 0.05) is 74.7 Å². The van der Waals surface area contributed by atoms with Gasteiger partial charge in [0.05, 0.1) is 35.3 Å². The molecule has 2 heterocycles. The third-order valence-electron chi connectivity index (χ3n) is 11.7. The zero-order chi connectivity index (χ0) is 41.8. The Balaban J connectivity index is 1.17. The van der Waals surface area contributed by atoms with E-state index in [9.17, 15) is 14.4 Å². The van der Waals surface area contributed by atoms with E-state index in [0.29, 0.717) is 29.4 Å². The Morgan fingerprint density at radius 1 is 0.650 bits per heavy atom.